The van der Waals surface area contributed by atoms with Crippen molar-refractivity contribution < 1.29 is 4.79 Å². The molecule has 9 atom stereocenters. The van der Waals surface area contributed by atoms with E-state index in [4.69, 9.17) is 0 Å². The van der Waals surface area contributed by atoms with E-state index in [1.807, 2.05) is 0 Å². The third-order valence-corrected chi connectivity index (χ3v) is 16.6. The quantitative estimate of drug-likeness (QED) is 0.346. The molecule has 0 radical (unpaired) electrons. The van der Waals surface area contributed by atoms with Gasteiger partial charge in [0.15, 0.2) is 0 Å². The third kappa shape index (κ3) is 2.35. The molecule has 0 N–H and O–H groups in total. The molecule has 0 heterocycles. The molecule has 5 aliphatic carbocycles. The van der Waals surface area contributed by atoms with Crippen molar-refractivity contribution in [2.75, 3.05) is 0 Å². The molecule has 194 valence electrons. The molecular weight excluding hydrogens is 412 g/mol. The second-order valence-corrected chi connectivity index (χ2v) is 17.0. The van der Waals surface area contributed by atoms with Crippen molar-refractivity contribution in [2.24, 2.45) is 54.7 Å². The Hall–Kier alpha value is -0.330. The van der Waals surface area contributed by atoms with Crippen LogP contribution in [0.4, 0.5) is 0 Å². The molecule has 1 nitrogen and oxygen atoms in total. The van der Waals surface area contributed by atoms with Gasteiger partial charge in [0.25, 0.3) is 0 Å². The van der Waals surface area contributed by atoms with Gasteiger partial charge < -0.3 is 0 Å². The summed E-state index contributed by atoms with van der Waals surface area (Å²) in [6.07, 6.45) is 14.1. The van der Waals surface area contributed by atoms with Gasteiger partial charge in [0.2, 0.25) is 0 Å². The van der Waals surface area contributed by atoms with Crippen molar-refractivity contribution in [3.63, 3.8) is 0 Å². The number of carbonyl (C=O) groups is 1. The van der Waals surface area contributed by atoms with Crippen molar-refractivity contribution >= 4 is 5.78 Å². The van der Waals surface area contributed by atoms with Gasteiger partial charge in [0, 0.05) is 12.3 Å². The van der Waals surface area contributed by atoms with Gasteiger partial charge in [0.05, 0.1) is 0 Å². The largest absolute Gasteiger partial charge is 0.299 e. The zero-order chi connectivity index (χ0) is 25.4. The lowest BCUT2D eigenvalue weighted by molar-refractivity contribution is -0.342. The van der Waals surface area contributed by atoms with E-state index in [9.17, 15) is 4.79 Å². The fourth-order valence-electron chi connectivity index (χ4n) is 12.7. The zero-order valence-electron chi connectivity index (χ0n) is 24.8. The van der Waals surface area contributed by atoms with Crippen LogP contribution in [-0.4, -0.2) is 5.78 Å². The average molecular weight is 469 g/mol. The maximum Gasteiger partial charge on any atom is 0.136 e. The summed E-state index contributed by atoms with van der Waals surface area (Å²) < 4.78 is 0. The summed E-state index contributed by atoms with van der Waals surface area (Å²) in [6.45, 7) is 28.9. The van der Waals surface area contributed by atoms with Gasteiger partial charge in [-0.1, -0.05) is 76.2 Å². The Morgan fingerprint density at radius 1 is 0.529 bits per heavy atom. The smallest absolute Gasteiger partial charge is 0.136 e. The number of fused-ring (bicyclic) bond motifs is 7. The summed E-state index contributed by atoms with van der Waals surface area (Å²) in [6, 6.07) is 0. The molecule has 5 fully saturated rings. The lowest BCUT2D eigenvalue weighted by Gasteiger charge is -2.83. The fourth-order valence-corrected chi connectivity index (χ4v) is 12.7. The van der Waals surface area contributed by atoms with Gasteiger partial charge in [0.1, 0.15) is 5.78 Å². The summed E-state index contributed by atoms with van der Waals surface area (Å²) in [5.41, 5.74) is 2.98. The highest BCUT2D eigenvalue weighted by molar-refractivity contribution is 5.82. The number of hydrogen-bond acceptors (Lipinski definition) is 1. The van der Waals surface area contributed by atoms with Crippen molar-refractivity contribution in [3.8, 4) is 0 Å². The molecule has 5 aliphatic rings. The molecule has 0 aromatic carbocycles. The number of hydrogen-bond donors (Lipinski definition) is 0. The first kappa shape index (κ1) is 25.3. The Morgan fingerprint density at radius 3 is 1.56 bits per heavy atom. The van der Waals surface area contributed by atoms with E-state index in [0.29, 0.717) is 38.3 Å². The van der Waals surface area contributed by atoms with Crippen LogP contribution in [0.3, 0.4) is 0 Å². The van der Waals surface area contributed by atoms with Crippen LogP contribution in [0.2, 0.25) is 0 Å². The van der Waals surface area contributed by atoms with E-state index in [0.717, 1.165) is 12.8 Å². The average Bonchev–Trinajstić information content (AvgIpc) is 2.75. The standard InChI is InChI=1S/C33H56O/c1-23-24(34)12-13-28(6)27(23,5)17-19-31(9)29(28,7)20-21-32(10)30(31,8)18-16-26(4)15-14-25(2,3)22-33(26,32)11/h23H,12-22H2,1-11H3/t23-,26+,27+,28+,29-,30+,31-,32+,33+/m0/s1. The third-order valence-electron chi connectivity index (χ3n) is 16.6. The maximum atomic E-state index is 13.0. The summed E-state index contributed by atoms with van der Waals surface area (Å²) in [7, 11) is 0. The number of carbonyl (C=O) groups excluding carboxylic acids is 1. The second-order valence-electron chi connectivity index (χ2n) is 17.0. The first-order chi connectivity index (χ1) is 15.3. The molecule has 0 aliphatic heterocycles. The molecule has 0 aromatic rings. The van der Waals surface area contributed by atoms with Crippen LogP contribution in [0.5, 0.6) is 0 Å². The first-order valence-corrected chi connectivity index (χ1v) is 14.9. The maximum absolute atomic E-state index is 13.0. The predicted octanol–water partition coefficient (Wildman–Crippen LogP) is 9.63. The van der Waals surface area contributed by atoms with Crippen LogP contribution >= 0.6 is 0 Å². The zero-order valence-corrected chi connectivity index (χ0v) is 24.8. The minimum Gasteiger partial charge on any atom is -0.299 e. The molecule has 34 heavy (non-hydrogen) atoms. The van der Waals surface area contributed by atoms with Crippen LogP contribution in [0.25, 0.3) is 0 Å². The highest BCUT2D eigenvalue weighted by atomic mass is 16.1. The van der Waals surface area contributed by atoms with E-state index in [1.54, 1.807) is 0 Å². The fraction of sp³-hybridized carbons (Fsp3) is 0.970. The van der Waals surface area contributed by atoms with Crippen LogP contribution in [-0.2, 0) is 4.79 Å². The Morgan fingerprint density at radius 2 is 0.971 bits per heavy atom. The number of Topliss-reactive ketones (excluding diaryl/α,β-unsaturated/α-hetero) is 1. The summed E-state index contributed by atoms with van der Waals surface area (Å²) in [5, 5.41) is 0. The van der Waals surface area contributed by atoms with Crippen molar-refractivity contribution in [1.29, 1.82) is 0 Å². The normalized spacial score (nSPS) is 61.0. The molecule has 0 saturated heterocycles. The Labute approximate surface area is 212 Å². The van der Waals surface area contributed by atoms with Gasteiger partial charge in [-0.15, -0.1) is 0 Å². The van der Waals surface area contributed by atoms with E-state index < -0.39 is 0 Å². The Balaban J connectivity index is 1.67. The number of ketones is 1. The molecule has 0 spiro atoms. The van der Waals surface area contributed by atoms with Crippen molar-refractivity contribution in [1.82, 2.24) is 0 Å². The minimum absolute atomic E-state index is 0.139. The topological polar surface area (TPSA) is 17.1 Å². The summed E-state index contributed by atoms with van der Waals surface area (Å²) in [5.74, 6) is 0.740. The number of rotatable bonds is 0. The van der Waals surface area contributed by atoms with Crippen LogP contribution in [0.1, 0.15) is 147 Å². The van der Waals surface area contributed by atoms with E-state index >= 15 is 0 Å². The van der Waals surface area contributed by atoms with Gasteiger partial charge in [-0.3, -0.25) is 4.79 Å². The molecule has 0 unspecified atom stereocenters. The Bertz CT molecular complexity index is 918. The van der Waals surface area contributed by atoms with Gasteiger partial charge in [-0.2, -0.15) is 0 Å². The molecule has 5 saturated carbocycles. The molecule has 0 amide bonds. The molecular formula is C33H56O. The molecule has 1 heteroatoms. The molecule has 5 rings (SSSR count). The lowest BCUT2D eigenvalue weighted by atomic mass is 9.21. The van der Waals surface area contributed by atoms with Crippen LogP contribution in [0, 0.1) is 54.7 Å². The van der Waals surface area contributed by atoms with Gasteiger partial charge in [-0.25, -0.2) is 0 Å². The SMILES string of the molecule is C[C@H]1C(=O)CC[C@@]2(C)[C@]3(C)CC[C@]4(C)[C@](C)(CC[C@@]5(C)CCC(C)(C)C[C@]54C)[C@@]3(C)CC[C@]12C. The van der Waals surface area contributed by atoms with Crippen molar-refractivity contribution in [3.05, 3.63) is 0 Å². The first-order valence-electron chi connectivity index (χ1n) is 14.9. The monoisotopic (exact) mass is 468 g/mol. The summed E-state index contributed by atoms with van der Waals surface area (Å²) in [4.78, 5) is 13.0. The summed E-state index contributed by atoms with van der Waals surface area (Å²) >= 11 is 0. The van der Waals surface area contributed by atoms with Crippen molar-refractivity contribution in [2.45, 2.75) is 147 Å². The predicted molar refractivity (Wildman–Crippen MR) is 144 cm³/mol. The molecule has 0 bridgehead atoms. The lowest BCUT2D eigenvalue weighted by Crippen LogP contribution is -2.76. The second kappa shape index (κ2) is 6.56. The Kier molecular flexibility index (Phi) is 4.89. The van der Waals surface area contributed by atoms with Gasteiger partial charge >= 0.3 is 0 Å². The highest BCUT2D eigenvalue weighted by Crippen LogP contribution is 2.87. The highest BCUT2D eigenvalue weighted by Gasteiger charge is 2.79. The molecule has 0 aromatic heterocycles. The van der Waals surface area contributed by atoms with E-state index in [-0.39, 0.29) is 22.2 Å². The van der Waals surface area contributed by atoms with Gasteiger partial charge in [-0.05, 0) is 113 Å². The van der Waals surface area contributed by atoms with E-state index in [1.165, 1.54) is 57.8 Å². The van der Waals surface area contributed by atoms with Crippen LogP contribution < -0.4 is 0 Å². The van der Waals surface area contributed by atoms with E-state index in [2.05, 4.69) is 76.2 Å². The van der Waals surface area contributed by atoms with Crippen LogP contribution in [0.15, 0.2) is 0 Å². The minimum atomic E-state index is 0.139.